The van der Waals surface area contributed by atoms with E-state index < -0.39 is 11.6 Å². The van der Waals surface area contributed by atoms with E-state index in [4.69, 9.17) is 19.7 Å². The highest BCUT2D eigenvalue weighted by Gasteiger charge is 2.24. The summed E-state index contributed by atoms with van der Waals surface area (Å²) in [6.07, 6.45) is 0. The summed E-state index contributed by atoms with van der Waals surface area (Å²) in [4.78, 5) is 0. The lowest BCUT2D eigenvalue weighted by molar-refractivity contribution is 0.343. The molecule has 0 aliphatic carbocycles. The Hall–Kier alpha value is -2.44. The Morgan fingerprint density at radius 3 is 2.56 bits per heavy atom. The van der Waals surface area contributed by atoms with E-state index in [1.807, 2.05) is 0 Å². The Balaban J connectivity index is 2.74. The van der Waals surface area contributed by atoms with Crippen LogP contribution in [0.3, 0.4) is 0 Å². The molecule has 7 heteroatoms. The van der Waals surface area contributed by atoms with Gasteiger partial charge in [-0.05, 0) is 0 Å². The molecule has 0 fully saturated rings. The maximum Gasteiger partial charge on any atom is 0.179 e. The van der Waals surface area contributed by atoms with Crippen molar-refractivity contribution in [2.24, 2.45) is 0 Å². The van der Waals surface area contributed by atoms with E-state index in [1.165, 1.54) is 20.3 Å². The molecule has 96 valence electrons. The van der Waals surface area contributed by atoms with Gasteiger partial charge in [-0.2, -0.15) is 0 Å². The maximum absolute atomic E-state index is 13.9. The van der Waals surface area contributed by atoms with Gasteiger partial charge in [0.25, 0.3) is 0 Å². The van der Waals surface area contributed by atoms with Gasteiger partial charge in [0, 0.05) is 12.1 Å². The molecule has 0 aliphatic rings. The summed E-state index contributed by atoms with van der Waals surface area (Å²) in [5, 5.41) is 12.9. The molecule has 2 rings (SSSR count). The van der Waals surface area contributed by atoms with Crippen LogP contribution in [-0.4, -0.2) is 24.5 Å². The maximum atomic E-state index is 13.9. The number of anilines is 1. The molecule has 0 amide bonds. The molecular weight excluding hydrogens is 243 g/mol. The fraction of sp³-hybridized carbons (Fsp3) is 0.182. The minimum Gasteiger partial charge on any atom is -0.505 e. The summed E-state index contributed by atoms with van der Waals surface area (Å²) in [5.74, 6) is -1.10. The van der Waals surface area contributed by atoms with E-state index in [2.05, 4.69) is 5.16 Å². The first-order valence-corrected chi connectivity index (χ1v) is 4.94. The molecule has 0 saturated carbocycles. The molecular formula is C11H11FN2O4. The van der Waals surface area contributed by atoms with Gasteiger partial charge in [-0.1, -0.05) is 5.16 Å². The zero-order chi connectivity index (χ0) is 13.3. The predicted molar refractivity (Wildman–Crippen MR) is 61.1 cm³/mol. The van der Waals surface area contributed by atoms with Crippen LogP contribution >= 0.6 is 0 Å². The van der Waals surface area contributed by atoms with Gasteiger partial charge in [0.2, 0.25) is 0 Å². The highest BCUT2D eigenvalue weighted by molar-refractivity contribution is 5.74. The standard InChI is InChI=1S/C11H11FN2O4/c1-16-7-3-5(15)10(12)9(11(7)17-2)6-4-8(13)14-18-6/h3-4,15H,1-2H3,(H2,13,14). The van der Waals surface area contributed by atoms with Gasteiger partial charge in [-0.25, -0.2) is 4.39 Å². The van der Waals surface area contributed by atoms with Gasteiger partial charge < -0.3 is 24.8 Å². The molecule has 0 aliphatic heterocycles. The summed E-state index contributed by atoms with van der Waals surface area (Å²) in [7, 11) is 2.71. The van der Waals surface area contributed by atoms with Crippen LogP contribution in [-0.2, 0) is 0 Å². The number of nitrogens with two attached hydrogens (primary N) is 1. The second-order valence-corrected chi connectivity index (χ2v) is 3.44. The fourth-order valence-electron chi connectivity index (χ4n) is 1.59. The van der Waals surface area contributed by atoms with E-state index in [-0.39, 0.29) is 28.6 Å². The second kappa shape index (κ2) is 4.44. The molecule has 0 radical (unpaired) electrons. The molecule has 0 spiro atoms. The fourth-order valence-corrected chi connectivity index (χ4v) is 1.59. The van der Waals surface area contributed by atoms with Crippen molar-refractivity contribution >= 4 is 5.82 Å². The van der Waals surface area contributed by atoms with Crippen molar-refractivity contribution in [3.8, 4) is 28.6 Å². The van der Waals surface area contributed by atoms with Gasteiger partial charge in [0.1, 0.15) is 5.56 Å². The van der Waals surface area contributed by atoms with Crippen LogP contribution in [0, 0.1) is 5.82 Å². The Labute approximate surface area is 102 Å². The summed E-state index contributed by atoms with van der Waals surface area (Å²) in [6.45, 7) is 0. The third-order valence-corrected chi connectivity index (χ3v) is 2.36. The monoisotopic (exact) mass is 254 g/mol. The summed E-state index contributed by atoms with van der Waals surface area (Å²) in [6, 6.07) is 2.43. The minimum atomic E-state index is -0.899. The topological polar surface area (TPSA) is 90.7 Å². The number of nitrogen functional groups attached to an aromatic ring is 1. The quantitative estimate of drug-likeness (QED) is 0.867. The zero-order valence-electron chi connectivity index (χ0n) is 9.73. The first kappa shape index (κ1) is 12.0. The Morgan fingerprint density at radius 2 is 2.06 bits per heavy atom. The van der Waals surface area contributed by atoms with Gasteiger partial charge in [0.15, 0.2) is 34.6 Å². The van der Waals surface area contributed by atoms with Crippen LogP contribution in [0.25, 0.3) is 11.3 Å². The van der Waals surface area contributed by atoms with Crippen LogP contribution in [0.2, 0.25) is 0 Å². The lowest BCUT2D eigenvalue weighted by atomic mass is 10.1. The Kier molecular flexibility index (Phi) is 2.97. The van der Waals surface area contributed by atoms with E-state index in [1.54, 1.807) is 0 Å². The number of nitrogens with zero attached hydrogens (tertiary/aromatic N) is 1. The summed E-state index contributed by atoms with van der Waals surface area (Å²) >= 11 is 0. The number of aromatic nitrogens is 1. The van der Waals surface area contributed by atoms with Gasteiger partial charge in [-0.15, -0.1) is 0 Å². The van der Waals surface area contributed by atoms with Crippen molar-refractivity contribution in [3.63, 3.8) is 0 Å². The Bertz CT molecular complexity index is 583. The molecule has 18 heavy (non-hydrogen) atoms. The largest absolute Gasteiger partial charge is 0.505 e. The van der Waals surface area contributed by atoms with Gasteiger partial charge >= 0.3 is 0 Å². The normalized spacial score (nSPS) is 10.4. The van der Waals surface area contributed by atoms with Crippen molar-refractivity contribution in [3.05, 3.63) is 17.9 Å². The SMILES string of the molecule is COc1cc(O)c(F)c(-c2cc(N)no2)c1OC. The minimum absolute atomic E-state index is 0.0380. The zero-order valence-corrected chi connectivity index (χ0v) is 9.73. The first-order chi connectivity index (χ1) is 8.58. The number of methoxy groups -OCH3 is 2. The van der Waals surface area contributed by atoms with E-state index in [0.29, 0.717) is 0 Å². The van der Waals surface area contributed by atoms with Crippen molar-refractivity contribution in [1.82, 2.24) is 5.16 Å². The summed E-state index contributed by atoms with van der Waals surface area (Å²) < 4.78 is 28.9. The van der Waals surface area contributed by atoms with Crippen LogP contribution in [0.1, 0.15) is 0 Å². The molecule has 0 atom stereocenters. The predicted octanol–water partition coefficient (Wildman–Crippen LogP) is 1.79. The Morgan fingerprint density at radius 1 is 1.33 bits per heavy atom. The number of rotatable bonds is 3. The van der Waals surface area contributed by atoms with Crippen molar-refractivity contribution in [1.29, 1.82) is 0 Å². The number of phenolic OH excluding ortho intramolecular Hbond substituents is 1. The number of phenols is 1. The number of hydrogen-bond donors (Lipinski definition) is 2. The van der Waals surface area contributed by atoms with E-state index in [0.717, 1.165) is 6.07 Å². The molecule has 0 saturated heterocycles. The second-order valence-electron chi connectivity index (χ2n) is 3.44. The molecule has 0 unspecified atom stereocenters. The van der Waals surface area contributed by atoms with Gasteiger partial charge in [-0.3, -0.25) is 0 Å². The molecule has 1 aromatic heterocycles. The van der Waals surface area contributed by atoms with Crippen LogP contribution in [0.5, 0.6) is 17.2 Å². The van der Waals surface area contributed by atoms with E-state index >= 15 is 0 Å². The van der Waals surface area contributed by atoms with Gasteiger partial charge in [0.05, 0.1) is 14.2 Å². The molecule has 1 heterocycles. The smallest absolute Gasteiger partial charge is 0.179 e. The number of halogens is 1. The molecule has 3 N–H and O–H groups in total. The van der Waals surface area contributed by atoms with Crippen LogP contribution < -0.4 is 15.2 Å². The molecule has 0 bridgehead atoms. The molecule has 2 aromatic rings. The number of ether oxygens (including phenoxy) is 2. The lowest BCUT2D eigenvalue weighted by Gasteiger charge is -2.12. The van der Waals surface area contributed by atoms with Crippen LogP contribution in [0.4, 0.5) is 10.2 Å². The van der Waals surface area contributed by atoms with Crippen molar-refractivity contribution in [2.75, 3.05) is 20.0 Å². The third-order valence-electron chi connectivity index (χ3n) is 2.36. The highest BCUT2D eigenvalue weighted by Crippen LogP contribution is 2.44. The third kappa shape index (κ3) is 1.79. The average Bonchev–Trinajstić information content (AvgIpc) is 2.78. The number of benzene rings is 1. The summed E-state index contributed by atoms with van der Waals surface area (Å²) in [5.41, 5.74) is 5.31. The number of hydrogen-bond acceptors (Lipinski definition) is 6. The highest BCUT2D eigenvalue weighted by atomic mass is 19.1. The number of aromatic hydroxyl groups is 1. The molecule has 1 aromatic carbocycles. The average molecular weight is 254 g/mol. The van der Waals surface area contributed by atoms with Crippen molar-refractivity contribution in [2.45, 2.75) is 0 Å². The lowest BCUT2D eigenvalue weighted by Crippen LogP contribution is -1.96. The molecule has 6 nitrogen and oxygen atoms in total. The van der Waals surface area contributed by atoms with Crippen molar-refractivity contribution < 1.29 is 23.5 Å². The van der Waals surface area contributed by atoms with E-state index in [9.17, 15) is 9.50 Å². The first-order valence-electron chi connectivity index (χ1n) is 4.94. The van der Waals surface area contributed by atoms with Crippen LogP contribution in [0.15, 0.2) is 16.7 Å².